The van der Waals surface area contributed by atoms with Crippen LogP contribution in [0.4, 0.5) is 5.69 Å². The minimum Gasteiger partial charge on any atom is -0.333 e. The minimum atomic E-state index is -0.251. The van der Waals surface area contributed by atoms with Crippen molar-refractivity contribution in [3.05, 3.63) is 76.0 Å². The first-order valence-corrected chi connectivity index (χ1v) is 9.10. The molecule has 26 heavy (non-hydrogen) atoms. The Kier molecular flexibility index (Phi) is 4.45. The number of aromatic nitrogens is 2. The summed E-state index contributed by atoms with van der Waals surface area (Å²) < 4.78 is 0. The van der Waals surface area contributed by atoms with Crippen LogP contribution in [0.25, 0.3) is 0 Å². The molecule has 130 valence electrons. The molecule has 3 heterocycles. The standard InChI is InChI=1S/C19H16N4O2S/c24-18(16-3-1-2-7-21-16)22-15-5-4-13-6-8-23(11-14(13)9-15)19(25)17-10-20-12-26-17/h1-5,7,9-10,12H,6,8,11H2,(H,22,24). The molecular weight excluding hydrogens is 348 g/mol. The Morgan fingerprint density at radius 2 is 2.08 bits per heavy atom. The van der Waals surface area contributed by atoms with Crippen molar-refractivity contribution in [1.82, 2.24) is 14.9 Å². The number of fused-ring (bicyclic) bond motifs is 1. The predicted molar refractivity (Wildman–Crippen MR) is 99.2 cm³/mol. The predicted octanol–water partition coefficient (Wildman–Crippen LogP) is 2.99. The Hall–Kier alpha value is -3.06. The van der Waals surface area contributed by atoms with Crippen LogP contribution in [-0.2, 0) is 13.0 Å². The fourth-order valence-electron chi connectivity index (χ4n) is 2.98. The Bertz CT molecular complexity index is 941. The van der Waals surface area contributed by atoms with Gasteiger partial charge in [0.1, 0.15) is 10.6 Å². The van der Waals surface area contributed by atoms with Crippen LogP contribution in [0.3, 0.4) is 0 Å². The molecule has 0 saturated carbocycles. The molecule has 1 N–H and O–H groups in total. The van der Waals surface area contributed by atoms with Crippen molar-refractivity contribution in [2.24, 2.45) is 0 Å². The van der Waals surface area contributed by atoms with Gasteiger partial charge in [0, 0.05) is 25.0 Å². The molecule has 6 nitrogen and oxygen atoms in total. The van der Waals surface area contributed by atoms with Gasteiger partial charge in [0.2, 0.25) is 0 Å². The van der Waals surface area contributed by atoms with Gasteiger partial charge in [-0.2, -0.15) is 0 Å². The number of nitrogens with one attached hydrogen (secondary N) is 1. The van der Waals surface area contributed by atoms with E-state index in [4.69, 9.17) is 0 Å². The normalized spacial score (nSPS) is 13.2. The van der Waals surface area contributed by atoms with Crippen LogP contribution in [0.1, 0.15) is 31.3 Å². The number of anilines is 1. The Labute approximate surface area is 154 Å². The van der Waals surface area contributed by atoms with Crippen LogP contribution < -0.4 is 5.32 Å². The zero-order chi connectivity index (χ0) is 17.9. The number of hydrogen-bond acceptors (Lipinski definition) is 5. The first kappa shape index (κ1) is 16.4. The summed E-state index contributed by atoms with van der Waals surface area (Å²) in [6.45, 7) is 1.21. The van der Waals surface area contributed by atoms with Crippen molar-refractivity contribution in [2.45, 2.75) is 13.0 Å². The molecule has 0 aliphatic carbocycles. The third kappa shape index (κ3) is 3.34. The molecule has 4 rings (SSSR count). The number of rotatable bonds is 3. The second-order valence-corrected chi connectivity index (χ2v) is 6.88. The van der Waals surface area contributed by atoms with E-state index in [9.17, 15) is 9.59 Å². The van der Waals surface area contributed by atoms with Gasteiger partial charge in [0.15, 0.2) is 0 Å². The summed E-state index contributed by atoms with van der Waals surface area (Å²) in [6, 6.07) is 11.0. The van der Waals surface area contributed by atoms with Crippen LogP contribution in [0.5, 0.6) is 0 Å². The van der Waals surface area contributed by atoms with Gasteiger partial charge in [-0.1, -0.05) is 12.1 Å². The molecule has 0 unspecified atom stereocenters. The highest BCUT2D eigenvalue weighted by Gasteiger charge is 2.23. The summed E-state index contributed by atoms with van der Waals surface area (Å²) in [5.41, 5.74) is 4.98. The summed E-state index contributed by atoms with van der Waals surface area (Å²) in [5.74, 6) is -0.250. The van der Waals surface area contributed by atoms with Crippen molar-refractivity contribution in [1.29, 1.82) is 0 Å². The van der Waals surface area contributed by atoms with E-state index in [1.165, 1.54) is 16.9 Å². The Balaban J connectivity index is 1.51. The molecule has 0 fully saturated rings. The van der Waals surface area contributed by atoms with E-state index in [2.05, 4.69) is 15.3 Å². The molecule has 1 aromatic carbocycles. The number of pyridine rings is 1. The molecule has 0 radical (unpaired) electrons. The molecular formula is C19H16N4O2S. The van der Waals surface area contributed by atoms with Gasteiger partial charge in [0.25, 0.3) is 11.8 Å². The van der Waals surface area contributed by atoms with Crippen molar-refractivity contribution < 1.29 is 9.59 Å². The smallest absolute Gasteiger partial charge is 0.274 e. The number of thiazole rings is 1. The van der Waals surface area contributed by atoms with Crippen molar-refractivity contribution >= 4 is 28.8 Å². The molecule has 0 saturated heterocycles. The maximum Gasteiger partial charge on any atom is 0.274 e. The second-order valence-electron chi connectivity index (χ2n) is 5.99. The van der Waals surface area contributed by atoms with Gasteiger partial charge >= 0.3 is 0 Å². The van der Waals surface area contributed by atoms with E-state index in [-0.39, 0.29) is 11.8 Å². The van der Waals surface area contributed by atoms with E-state index in [1.54, 1.807) is 36.1 Å². The molecule has 2 aromatic heterocycles. The van der Waals surface area contributed by atoms with E-state index in [0.717, 1.165) is 12.0 Å². The molecule has 3 aromatic rings. The zero-order valence-corrected chi connectivity index (χ0v) is 14.7. The fourth-order valence-corrected chi connectivity index (χ4v) is 3.56. The van der Waals surface area contributed by atoms with E-state index in [0.29, 0.717) is 29.3 Å². The molecule has 7 heteroatoms. The molecule has 1 aliphatic rings. The minimum absolute atomic E-state index is 0.000995. The van der Waals surface area contributed by atoms with Crippen LogP contribution in [0, 0.1) is 0 Å². The zero-order valence-electron chi connectivity index (χ0n) is 13.9. The maximum absolute atomic E-state index is 12.5. The molecule has 0 spiro atoms. The van der Waals surface area contributed by atoms with Gasteiger partial charge in [0.05, 0.1) is 11.7 Å². The lowest BCUT2D eigenvalue weighted by atomic mass is 9.99. The van der Waals surface area contributed by atoms with Crippen LogP contribution in [0.2, 0.25) is 0 Å². The second kappa shape index (κ2) is 7.05. The first-order chi connectivity index (χ1) is 12.7. The number of nitrogens with zero attached hydrogens (tertiary/aromatic N) is 3. The monoisotopic (exact) mass is 364 g/mol. The number of hydrogen-bond donors (Lipinski definition) is 1. The van der Waals surface area contributed by atoms with Gasteiger partial charge in [-0.25, -0.2) is 0 Å². The lowest BCUT2D eigenvalue weighted by Gasteiger charge is -2.28. The number of carbonyl (C=O) groups excluding carboxylic acids is 2. The summed E-state index contributed by atoms with van der Waals surface area (Å²) in [7, 11) is 0. The van der Waals surface area contributed by atoms with E-state index < -0.39 is 0 Å². The summed E-state index contributed by atoms with van der Waals surface area (Å²) in [4.78, 5) is 35.3. The SMILES string of the molecule is O=C(Nc1ccc2c(c1)CN(C(=O)c1cncs1)CC2)c1ccccn1. The molecule has 0 bridgehead atoms. The highest BCUT2D eigenvalue weighted by Crippen LogP contribution is 2.24. The van der Waals surface area contributed by atoms with Crippen LogP contribution in [-0.4, -0.2) is 33.2 Å². The van der Waals surface area contributed by atoms with Crippen molar-refractivity contribution in [2.75, 3.05) is 11.9 Å². The van der Waals surface area contributed by atoms with Gasteiger partial charge < -0.3 is 10.2 Å². The summed E-state index contributed by atoms with van der Waals surface area (Å²) in [6.07, 6.45) is 3.99. The highest BCUT2D eigenvalue weighted by atomic mass is 32.1. The third-order valence-electron chi connectivity index (χ3n) is 4.30. The van der Waals surface area contributed by atoms with Gasteiger partial charge in [-0.05, 0) is 41.8 Å². The quantitative estimate of drug-likeness (QED) is 0.775. The summed E-state index contributed by atoms with van der Waals surface area (Å²) >= 11 is 1.35. The summed E-state index contributed by atoms with van der Waals surface area (Å²) in [5, 5.41) is 2.87. The Morgan fingerprint density at radius 3 is 2.85 bits per heavy atom. The van der Waals surface area contributed by atoms with E-state index in [1.807, 2.05) is 23.1 Å². The van der Waals surface area contributed by atoms with Crippen molar-refractivity contribution in [3.8, 4) is 0 Å². The number of amides is 2. The van der Waals surface area contributed by atoms with Crippen molar-refractivity contribution in [3.63, 3.8) is 0 Å². The van der Waals surface area contributed by atoms with Gasteiger partial charge in [-0.3, -0.25) is 19.6 Å². The topological polar surface area (TPSA) is 75.2 Å². The molecule has 2 amide bonds. The Morgan fingerprint density at radius 1 is 1.15 bits per heavy atom. The third-order valence-corrected chi connectivity index (χ3v) is 5.07. The average molecular weight is 364 g/mol. The molecule has 1 aliphatic heterocycles. The van der Waals surface area contributed by atoms with Gasteiger partial charge in [-0.15, -0.1) is 11.3 Å². The first-order valence-electron chi connectivity index (χ1n) is 8.22. The number of carbonyl (C=O) groups is 2. The fraction of sp³-hybridized carbons (Fsp3) is 0.158. The van der Waals surface area contributed by atoms with E-state index >= 15 is 0 Å². The van der Waals surface area contributed by atoms with Crippen LogP contribution in [0.15, 0.2) is 54.3 Å². The van der Waals surface area contributed by atoms with Crippen LogP contribution >= 0.6 is 11.3 Å². The maximum atomic E-state index is 12.5. The highest BCUT2D eigenvalue weighted by molar-refractivity contribution is 7.11. The number of benzene rings is 1. The molecule has 0 atom stereocenters. The average Bonchev–Trinajstić information content (AvgIpc) is 3.22. The lowest BCUT2D eigenvalue weighted by molar-refractivity contribution is 0.0739. The lowest BCUT2D eigenvalue weighted by Crippen LogP contribution is -2.35. The largest absolute Gasteiger partial charge is 0.333 e.